The summed E-state index contributed by atoms with van der Waals surface area (Å²) in [5.41, 5.74) is 0.715. The molecule has 1 saturated carbocycles. The van der Waals surface area contributed by atoms with Crippen molar-refractivity contribution in [2.24, 2.45) is 11.8 Å². The standard InChI is InChI=1S/C16H25NO3S/c1-2-13-3-5-14(6-4-13)11-17-21(19,20)16-9-7-15(12-18)8-10-16/h7-10,13-14,17-18H,2-6,11-12H2,1H3. The van der Waals surface area contributed by atoms with E-state index in [2.05, 4.69) is 11.6 Å². The third-order valence-electron chi connectivity index (χ3n) is 4.52. The van der Waals surface area contributed by atoms with Crippen molar-refractivity contribution >= 4 is 10.0 Å². The van der Waals surface area contributed by atoms with Crippen LogP contribution in [0.5, 0.6) is 0 Å². The average Bonchev–Trinajstić information content (AvgIpc) is 2.53. The zero-order valence-electron chi connectivity index (χ0n) is 12.6. The van der Waals surface area contributed by atoms with Gasteiger partial charge >= 0.3 is 0 Å². The van der Waals surface area contributed by atoms with E-state index in [1.165, 1.54) is 19.3 Å². The van der Waals surface area contributed by atoms with E-state index in [4.69, 9.17) is 5.11 Å². The van der Waals surface area contributed by atoms with Gasteiger partial charge in [-0.3, -0.25) is 0 Å². The topological polar surface area (TPSA) is 66.4 Å². The maximum Gasteiger partial charge on any atom is 0.240 e. The van der Waals surface area contributed by atoms with E-state index in [1.54, 1.807) is 24.3 Å². The lowest BCUT2D eigenvalue weighted by Gasteiger charge is -2.27. The molecular weight excluding hydrogens is 286 g/mol. The molecular formula is C16H25NO3S. The van der Waals surface area contributed by atoms with Gasteiger partial charge in [0.1, 0.15) is 0 Å². The molecule has 0 radical (unpaired) electrons. The minimum absolute atomic E-state index is 0.0750. The number of nitrogens with one attached hydrogen (secondary N) is 1. The van der Waals surface area contributed by atoms with E-state index in [9.17, 15) is 8.42 Å². The first-order valence-electron chi connectivity index (χ1n) is 7.74. The summed E-state index contributed by atoms with van der Waals surface area (Å²) in [6.07, 6.45) is 5.90. The highest BCUT2D eigenvalue weighted by molar-refractivity contribution is 7.89. The molecule has 0 spiro atoms. The van der Waals surface area contributed by atoms with Crippen molar-refractivity contribution in [1.82, 2.24) is 4.72 Å². The van der Waals surface area contributed by atoms with Gasteiger partial charge in [0.25, 0.3) is 0 Å². The Kier molecular flexibility index (Phi) is 5.79. The lowest BCUT2D eigenvalue weighted by Crippen LogP contribution is -2.31. The van der Waals surface area contributed by atoms with Crippen molar-refractivity contribution in [3.8, 4) is 0 Å². The van der Waals surface area contributed by atoms with Crippen molar-refractivity contribution in [3.63, 3.8) is 0 Å². The SMILES string of the molecule is CCC1CCC(CNS(=O)(=O)c2ccc(CO)cc2)CC1. The van der Waals surface area contributed by atoms with Gasteiger partial charge < -0.3 is 5.11 Å². The zero-order valence-corrected chi connectivity index (χ0v) is 13.4. The molecule has 0 aromatic heterocycles. The minimum atomic E-state index is -3.44. The van der Waals surface area contributed by atoms with E-state index in [0.29, 0.717) is 18.0 Å². The van der Waals surface area contributed by atoms with Crippen LogP contribution in [0, 0.1) is 11.8 Å². The molecule has 0 saturated heterocycles. The van der Waals surface area contributed by atoms with E-state index in [0.717, 1.165) is 18.8 Å². The molecule has 21 heavy (non-hydrogen) atoms. The zero-order chi connectivity index (χ0) is 15.3. The number of hydrogen-bond acceptors (Lipinski definition) is 3. The van der Waals surface area contributed by atoms with Crippen molar-refractivity contribution in [3.05, 3.63) is 29.8 Å². The number of rotatable bonds is 6. The molecule has 1 aliphatic carbocycles. The predicted octanol–water partition coefficient (Wildman–Crippen LogP) is 2.67. The van der Waals surface area contributed by atoms with Gasteiger partial charge in [0, 0.05) is 6.54 Å². The van der Waals surface area contributed by atoms with Gasteiger partial charge in [-0.1, -0.05) is 38.3 Å². The Balaban J connectivity index is 1.89. The maximum absolute atomic E-state index is 12.2. The fourth-order valence-electron chi connectivity index (χ4n) is 2.93. The number of hydrogen-bond donors (Lipinski definition) is 2. The molecule has 2 rings (SSSR count). The Morgan fingerprint density at radius 3 is 2.19 bits per heavy atom. The summed E-state index contributed by atoms with van der Waals surface area (Å²) in [5, 5.41) is 8.98. The van der Waals surface area contributed by atoms with Gasteiger partial charge in [-0.05, 0) is 42.4 Å². The minimum Gasteiger partial charge on any atom is -0.392 e. The number of sulfonamides is 1. The monoisotopic (exact) mass is 311 g/mol. The molecule has 2 N–H and O–H groups in total. The number of aliphatic hydroxyl groups excluding tert-OH is 1. The van der Waals surface area contributed by atoms with Gasteiger partial charge in [-0.15, -0.1) is 0 Å². The summed E-state index contributed by atoms with van der Waals surface area (Å²) in [5.74, 6) is 1.28. The van der Waals surface area contributed by atoms with Crippen LogP contribution >= 0.6 is 0 Å². The van der Waals surface area contributed by atoms with E-state index in [-0.39, 0.29) is 11.5 Å². The van der Waals surface area contributed by atoms with Crippen LogP contribution in [0.15, 0.2) is 29.2 Å². The molecule has 1 aromatic rings. The van der Waals surface area contributed by atoms with Crippen LogP contribution in [-0.2, 0) is 16.6 Å². The number of benzene rings is 1. The molecule has 5 heteroatoms. The third-order valence-corrected chi connectivity index (χ3v) is 5.96. The Bertz CT molecular complexity index is 531. The normalized spacial score (nSPS) is 23.1. The van der Waals surface area contributed by atoms with Crippen LogP contribution in [0.25, 0.3) is 0 Å². The van der Waals surface area contributed by atoms with E-state index >= 15 is 0 Å². The smallest absolute Gasteiger partial charge is 0.240 e. The molecule has 0 atom stereocenters. The van der Waals surface area contributed by atoms with Crippen LogP contribution in [0.4, 0.5) is 0 Å². The quantitative estimate of drug-likeness (QED) is 0.849. The average molecular weight is 311 g/mol. The molecule has 0 unspecified atom stereocenters. The van der Waals surface area contributed by atoms with Crippen LogP contribution in [0.2, 0.25) is 0 Å². The number of aliphatic hydroxyl groups is 1. The Morgan fingerprint density at radius 2 is 1.67 bits per heavy atom. The summed E-state index contributed by atoms with van der Waals surface area (Å²) in [4.78, 5) is 0.266. The third kappa shape index (κ3) is 4.53. The molecule has 0 aliphatic heterocycles. The first kappa shape index (κ1) is 16.5. The van der Waals surface area contributed by atoms with Crippen LogP contribution in [-0.4, -0.2) is 20.1 Å². The Morgan fingerprint density at radius 1 is 1.10 bits per heavy atom. The summed E-state index contributed by atoms with van der Waals surface area (Å²) in [7, 11) is -3.44. The van der Waals surface area contributed by atoms with Gasteiger partial charge in [0.2, 0.25) is 10.0 Å². The summed E-state index contributed by atoms with van der Waals surface area (Å²) < 4.78 is 27.2. The van der Waals surface area contributed by atoms with Crippen LogP contribution < -0.4 is 4.72 Å². The van der Waals surface area contributed by atoms with Gasteiger partial charge in [-0.25, -0.2) is 13.1 Å². The molecule has 0 amide bonds. The highest BCUT2D eigenvalue weighted by atomic mass is 32.2. The van der Waals surface area contributed by atoms with Gasteiger partial charge in [0.15, 0.2) is 0 Å². The molecule has 1 fully saturated rings. The first-order valence-corrected chi connectivity index (χ1v) is 9.23. The van der Waals surface area contributed by atoms with E-state index in [1.807, 2.05) is 0 Å². The van der Waals surface area contributed by atoms with Crippen molar-refractivity contribution in [2.45, 2.75) is 50.5 Å². The highest BCUT2D eigenvalue weighted by Gasteiger charge is 2.22. The first-order chi connectivity index (χ1) is 10.0. The fraction of sp³-hybridized carbons (Fsp3) is 0.625. The van der Waals surface area contributed by atoms with Crippen LogP contribution in [0.1, 0.15) is 44.6 Å². The molecule has 1 aliphatic rings. The van der Waals surface area contributed by atoms with Crippen molar-refractivity contribution in [2.75, 3.05) is 6.54 Å². The summed E-state index contributed by atoms with van der Waals surface area (Å²) in [6, 6.07) is 6.37. The highest BCUT2D eigenvalue weighted by Crippen LogP contribution is 2.30. The second-order valence-electron chi connectivity index (χ2n) is 5.95. The summed E-state index contributed by atoms with van der Waals surface area (Å²) >= 11 is 0. The second-order valence-corrected chi connectivity index (χ2v) is 7.72. The molecule has 118 valence electrons. The van der Waals surface area contributed by atoms with Crippen LogP contribution in [0.3, 0.4) is 0 Å². The Labute approximate surface area is 127 Å². The summed E-state index contributed by atoms with van der Waals surface area (Å²) in [6.45, 7) is 2.68. The molecule has 4 nitrogen and oxygen atoms in total. The van der Waals surface area contributed by atoms with Crippen molar-refractivity contribution in [1.29, 1.82) is 0 Å². The maximum atomic E-state index is 12.2. The molecule has 0 heterocycles. The van der Waals surface area contributed by atoms with E-state index < -0.39 is 10.0 Å². The Hall–Kier alpha value is -0.910. The largest absolute Gasteiger partial charge is 0.392 e. The van der Waals surface area contributed by atoms with Gasteiger partial charge in [-0.2, -0.15) is 0 Å². The van der Waals surface area contributed by atoms with Crippen molar-refractivity contribution < 1.29 is 13.5 Å². The fourth-order valence-corrected chi connectivity index (χ4v) is 4.04. The molecule has 0 bridgehead atoms. The predicted molar refractivity (Wildman–Crippen MR) is 83.3 cm³/mol. The molecule has 1 aromatic carbocycles. The second kappa shape index (κ2) is 7.38. The lowest BCUT2D eigenvalue weighted by molar-refractivity contribution is 0.270. The lowest BCUT2D eigenvalue weighted by atomic mass is 9.81. The van der Waals surface area contributed by atoms with Gasteiger partial charge in [0.05, 0.1) is 11.5 Å².